The van der Waals surface area contributed by atoms with Gasteiger partial charge in [0.05, 0.1) is 12.8 Å². The zero-order valence-electron chi connectivity index (χ0n) is 8.85. The summed E-state index contributed by atoms with van der Waals surface area (Å²) < 4.78 is 20.4. The molecule has 1 aromatic heterocycles. The van der Waals surface area contributed by atoms with Gasteiger partial charge in [0.2, 0.25) is 0 Å². The van der Waals surface area contributed by atoms with E-state index in [0.717, 1.165) is 0 Å². The van der Waals surface area contributed by atoms with E-state index in [1.54, 1.807) is 35.3 Å². The number of methoxy groups -OCH3 is 1. The molecule has 0 aliphatic heterocycles. The number of hydrogen-bond acceptors (Lipinski definition) is 3. The van der Waals surface area contributed by atoms with Gasteiger partial charge in [-0.3, -0.25) is 0 Å². The number of rotatable bonds is 3. The van der Waals surface area contributed by atoms with Crippen LogP contribution in [0.1, 0.15) is 5.56 Å². The molecule has 2 aromatic rings. The fraction of sp³-hybridized carbons (Fsp3) is 0.182. The standard InChI is InChI=1S/C11H12FN3O/c1-16-10-4-3-9(8(7-13)11(10)12)15-6-2-5-14-15/h2-6H,7,13H2,1H3. The summed E-state index contributed by atoms with van der Waals surface area (Å²) in [6.45, 7) is 0.0955. The number of nitrogens with zero attached hydrogens (tertiary/aromatic N) is 2. The third-order valence-corrected chi connectivity index (χ3v) is 2.36. The molecule has 0 fully saturated rings. The van der Waals surface area contributed by atoms with Crippen LogP contribution in [0.3, 0.4) is 0 Å². The van der Waals surface area contributed by atoms with Gasteiger partial charge in [-0.25, -0.2) is 9.07 Å². The first-order valence-corrected chi connectivity index (χ1v) is 4.83. The summed E-state index contributed by atoms with van der Waals surface area (Å²) >= 11 is 0. The van der Waals surface area contributed by atoms with E-state index in [-0.39, 0.29) is 12.3 Å². The maximum atomic E-state index is 13.9. The van der Waals surface area contributed by atoms with Crippen LogP contribution in [0.2, 0.25) is 0 Å². The lowest BCUT2D eigenvalue weighted by atomic mass is 10.1. The van der Waals surface area contributed by atoms with Crippen LogP contribution >= 0.6 is 0 Å². The molecule has 0 radical (unpaired) electrons. The Morgan fingerprint density at radius 2 is 2.31 bits per heavy atom. The molecule has 1 heterocycles. The average molecular weight is 221 g/mol. The smallest absolute Gasteiger partial charge is 0.171 e. The number of benzene rings is 1. The zero-order chi connectivity index (χ0) is 11.5. The Hall–Kier alpha value is -1.88. The second kappa shape index (κ2) is 4.32. The molecular formula is C11H12FN3O. The largest absolute Gasteiger partial charge is 0.494 e. The minimum atomic E-state index is -0.432. The summed E-state index contributed by atoms with van der Waals surface area (Å²) in [4.78, 5) is 0. The van der Waals surface area contributed by atoms with Crippen molar-refractivity contribution >= 4 is 0 Å². The number of ether oxygens (including phenoxy) is 1. The Morgan fingerprint density at radius 3 is 2.88 bits per heavy atom. The second-order valence-electron chi connectivity index (χ2n) is 3.23. The molecule has 0 bridgehead atoms. The van der Waals surface area contributed by atoms with E-state index < -0.39 is 5.82 Å². The van der Waals surface area contributed by atoms with Gasteiger partial charge in [0.25, 0.3) is 0 Å². The number of hydrogen-bond donors (Lipinski definition) is 1. The van der Waals surface area contributed by atoms with Crippen LogP contribution in [0, 0.1) is 5.82 Å². The molecule has 0 aliphatic carbocycles. The highest BCUT2D eigenvalue weighted by Crippen LogP contribution is 2.25. The third-order valence-electron chi connectivity index (χ3n) is 2.36. The second-order valence-corrected chi connectivity index (χ2v) is 3.23. The first kappa shape index (κ1) is 10.6. The molecule has 16 heavy (non-hydrogen) atoms. The van der Waals surface area contributed by atoms with Crippen molar-refractivity contribution in [3.8, 4) is 11.4 Å². The SMILES string of the molecule is COc1ccc(-n2cccn2)c(CN)c1F. The van der Waals surface area contributed by atoms with Crippen molar-refractivity contribution in [2.45, 2.75) is 6.54 Å². The predicted octanol–water partition coefficient (Wildman–Crippen LogP) is 1.48. The Bertz CT molecular complexity index is 482. The van der Waals surface area contributed by atoms with Gasteiger partial charge in [-0.2, -0.15) is 5.10 Å². The predicted molar refractivity (Wildman–Crippen MR) is 58.0 cm³/mol. The highest BCUT2D eigenvalue weighted by Gasteiger charge is 2.13. The van der Waals surface area contributed by atoms with E-state index in [1.165, 1.54) is 7.11 Å². The highest BCUT2D eigenvalue weighted by molar-refractivity contribution is 5.46. The van der Waals surface area contributed by atoms with E-state index in [1.807, 2.05) is 0 Å². The van der Waals surface area contributed by atoms with Crippen molar-refractivity contribution in [2.24, 2.45) is 5.73 Å². The molecule has 2 N–H and O–H groups in total. The van der Waals surface area contributed by atoms with Crippen LogP contribution in [0.4, 0.5) is 4.39 Å². The number of aromatic nitrogens is 2. The Labute approximate surface area is 92.4 Å². The molecule has 0 saturated heterocycles. The zero-order valence-corrected chi connectivity index (χ0v) is 8.85. The Kier molecular flexibility index (Phi) is 2.87. The maximum absolute atomic E-state index is 13.9. The van der Waals surface area contributed by atoms with Gasteiger partial charge in [-0.15, -0.1) is 0 Å². The number of halogens is 1. The molecule has 0 unspecified atom stereocenters. The fourth-order valence-corrected chi connectivity index (χ4v) is 1.57. The Morgan fingerprint density at radius 1 is 1.50 bits per heavy atom. The Balaban J connectivity index is 2.59. The van der Waals surface area contributed by atoms with Crippen LogP contribution in [-0.4, -0.2) is 16.9 Å². The molecule has 2 rings (SSSR count). The molecule has 5 heteroatoms. The summed E-state index contributed by atoms with van der Waals surface area (Å²) in [6.07, 6.45) is 3.36. The van der Waals surface area contributed by atoms with Crippen molar-refractivity contribution in [3.63, 3.8) is 0 Å². The van der Waals surface area contributed by atoms with Gasteiger partial charge >= 0.3 is 0 Å². The first-order chi connectivity index (χ1) is 7.77. The summed E-state index contributed by atoms with van der Waals surface area (Å²) in [6, 6.07) is 5.06. The molecule has 0 amide bonds. The van der Waals surface area contributed by atoms with Gasteiger partial charge in [0, 0.05) is 24.5 Å². The normalized spacial score (nSPS) is 10.4. The minimum absolute atomic E-state index is 0.0955. The molecular weight excluding hydrogens is 209 g/mol. The number of nitrogens with two attached hydrogens (primary N) is 1. The van der Waals surface area contributed by atoms with Crippen molar-refractivity contribution in [1.82, 2.24) is 9.78 Å². The van der Waals surface area contributed by atoms with Crippen LogP contribution in [0.25, 0.3) is 5.69 Å². The highest BCUT2D eigenvalue weighted by atomic mass is 19.1. The molecule has 0 aliphatic rings. The molecule has 0 spiro atoms. The van der Waals surface area contributed by atoms with Gasteiger partial charge in [-0.1, -0.05) is 0 Å². The van der Waals surface area contributed by atoms with Crippen molar-refractivity contribution in [1.29, 1.82) is 0 Å². The van der Waals surface area contributed by atoms with Crippen molar-refractivity contribution in [2.75, 3.05) is 7.11 Å². The quantitative estimate of drug-likeness (QED) is 0.854. The lowest BCUT2D eigenvalue weighted by Crippen LogP contribution is -2.08. The summed E-state index contributed by atoms with van der Waals surface area (Å²) in [5.41, 5.74) is 6.57. The van der Waals surface area contributed by atoms with E-state index >= 15 is 0 Å². The summed E-state index contributed by atoms with van der Waals surface area (Å²) in [5, 5.41) is 4.05. The van der Waals surface area contributed by atoms with Crippen LogP contribution in [0.15, 0.2) is 30.6 Å². The lowest BCUT2D eigenvalue weighted by Gasteiger charge is -2.11. The molecule has 84 valence electrons. The summed E-state index contributed by atoms with van der Waals surface area (Å²) in [7, 11) is 1.42. The average Bonchev–Trinajstić information content (AvgIpc) is 2.82. The van der Waals surface area contributed by atoms with Gasteiger partial charge in [-0.05, 0) is 18.2 Å². The third kappa shape index (κ3) is 1.65. The topological polar surface area (TPSA) is 53.1 Å². The fourth-order valence-electron chi connectivity index (χ4n) is 1.57. The first-order valence-electron chi connectivity index (χ1n) is 4.83. The van der Waals surface area contributed by atoms with Crippen LogP contribution in [0.5, 0.6) is 5.75 Å². The van der Waals surface area contributed by atoms with Gasteiger partial charge < -0.3 is 10.5 Å². The van der Waals surface area contributed by atoms with E-state index in [4.69, 9.17) is 10.5 Å². The van der Waals surface area contributed by atoms with Crippen molar-refractivity contribution in [3.05, 3.63) is 42.0 Å². The lowest BCUT2D eigenvalue weighted by molar-refractivity contribution is 0.384. The van der Waals surface area contributed by atoms with E-state index in [9.17, 15) is 4.39 Å². The molecule has 4 nitrogen and oxygen atoms in total. The molecule has 1 aromatic carbocycles. The van der Waals surface area contributed by atoms with Gasteiger partial charge in [0.1, 0.15) is 0 Å². The van der Waals surface area contributed by atoms with Crippen molar-refractivity contribution < 1.29 is 9.13 Å². The van der Waals surface area contributed by atoms with E-state index in [2.05, 4.69) is 5.10 Å². The van der Waals surface area contributed by atoms with Gasteiger partial charge in [0.15, 0.2) is 11.6 Å². The monoisotopic (exact) mass is 221 g/mol. The minimum Gasteiger partial charge on any atom is -0.494 e. The summed E-state index contributed by atoms with van der Waals surface area (Å²) in [5.74, 6) is -0.241. The van der Waals surface area contributed by atoms with E-state index in [0.29, 0.717) is 11.3 Å². The maximum Gasteiger partial charge on any atom is 0.171 e. The van der Waals surface area contributed by atoms with Crippen LogP contribution in [-0.2, 0) is 6.54 Å². The van der Waals surface area contributed by atoms with Crippen LogP contribution < -0.4 is 10.5 Å². The molecule has 0 atom stereocenters. The molecule has 0 saturated carbocycles.